The van der Waals surface area contributed by atoms with Crippen molar-refractivity contribution in [1.82, 2.24) is 10.6 Å². The first kappa shape index (κ1) is 20.7. The Bertz CT molecular complexity index is 490. The molecule has 0 atom stereocenters. The van der Waals surface area contributed by atoms with Crippen molar-refractivity contribution in [2.75, 3.05) is 13.6 Å². The smallest absolute Gasteiger partial charge is 0.307 e. The number of rotatable bonds is 6. The average Bonchev–Trinajstić information content (AvgIpc) is 2.43. The van der Waals surface area contributed by atoms with Crippen LogP contribution < -0.4 is 10.6 Å². The molecule has 0 amide bonds. The predicted octanol–water partition coefficient (Wildman–Crippen LogP) is 2.62. The van der Waals surface area contributed by atoms with Gasteiger partial charge in [0.25, 0.3) is 0 Å². The molecule has 0 heterocycles. The van der Waals surface area contributed by atoms with Crippen molar-refractivity contribution in [1.29, 1.82) is 0 Å². The summed E-state index contributed by atoms with van der Waals surface area (Å²) in [5.74, 6) is 0.474. The highest BCUT2D eigenvalue weighted by Crippen LogP contribution is 2.05. The summed E-state index contributed by atoms with van der Waals surface area (Å²) in [6, 6.07) is 8.19. The maximum absolute atomic E-state index is 11.4. The third kappa shape index (κ3) is 8.21. The Labute approximate surface area is 149 Å². The van der Waals surface area contributed by atoms with Crippen LogP contribution in [0.25, 0.3) is 0 Å². The number of aliphatic imine (C=N–C) groups is 1. The minimum absolute atomic E-state index is 0. The third-order valence-corrected chi connectivity index (χ3v) is 2.92. The van der Waals surface area contributed by atoms with Gasteiger partial charge in [-0.3, -0.25) is 9.79 Å². The lowest BCUT2D eigenvalue weighted by atomic mass is 10.1. The molecule has 0 radical (unpaired) electrons. The maximum Gasteiger partial charge on any atom is 0.307 e. The number of ether oxygens (including phenoxy) is 1. The van der Waals surface area contributed by atoms with E-state index in [1.54, 1.807) is 7.05 Å². The van der Waals surface area contributed by atoms with E-state index in [0.717, 1.165) is 0 Å². The summed E-state index contributed by atoms with van der Waals surface area (Å²) in [5.41, 5.74) is 2.46. The fraction of sp³-hybridized carbons (Fsp3) is 0.500. The van der Waals surface area contributed by atoms with E-state index in [-0.39, 0.29) is 36.0 Å². The normalized spacial score (nSPS) is 10.9. The van der Waals surface area contributed by atoms with Gasteiger partial charge in [-0.15, -0.1) is 24.0 Å². The monoisotopic (exact) mass is 419 g/mol. The molecule has 0 saturated carbocycles. The van der Waals surface area contributed by atoms with Gasteiger partial charge in [0.05, 0.1) is 12.5 Å². The van der Waals surface area contributed by atoms with Crippen LogP contribution in [0, 0.1) is 6.92 Å². The molecule has 22 heavy (non-hydrogen) atoms. The Morgan fingerprint density at radius 3 is 2.55 bits per heavy atom. The zero-order valence-electron chi connectivity index (χ0n) is 13.7. The highest BCUT2D eigenvalue weighted by molar-refractivity contribution is 14.0. The third-order valence-electron chi connectivity index (χ3n) is 2.92. The van der Waals surface area contributed by atoms with E-state index < -0.39 is 0 Å². The maximum atomic E-state index is 11.4. The van der Waals surface area contributed by atoms with E-state index in [2.05, 4.69) is 34.7 Å². The van der Waals surface area contributed by atoms with Crippen molar-refractivity contribution in [2.24, 2.45) is 4.99 Å². The molecule has 0 aliphatic rings. The SMILES string of the molecule is CN=C(NCCC(=O)OC(C)C)NCc1ccccc1C.I. The van der Waals surface area contributed by atoms with Crippen LogP contribution in [0.4, 0.5) is 0 Å². The van der Waals surface area contributed by atoms with Crippen molar-refractivity contribution in [3.8, 4) is 0 Å². The molecule has 6 heteroatoms. The molecular formula is C16H26IN3O2. The highest BCUT2D eigenvalue weighted by atomic mass is 127. The van der Waals surface area contributed by atoms with Crippen LogP contribution in [0.1, 0.15) is 31.4 Å². The van der Waals surface area contributed by atoms with Gasteiger partial charge in [0.2, 0.25) is 0 Å². The molecule has 0 bridgehead atoms. The lowest BCUT2D eigenvalue weighted by Gasteiger charge is -2.13. The molecule has 0 unspecified atom stereocenters. The number of carbonyl (C=O) groups excluding carboxylic acids is 1. The highest BCUT2D eigenvalue weighted by Gasteiger charge is 2.06. The number of carbonyl (C=O) groups is 1. The Morgan fingerprint density at radius 1 is 1.27 bits per heavy atom. The van der Waals surface area contributed by atoms with Crippen molar-refractivity contribution < 1.29 is 9.53 Å². The van der Waals surface area contributed by atoms with Crippen molar-refractivity contribution in [2.45, 2.75) is 39.8 Å². The Balaban J connectivity index is 0.00000441. The van der Waals surface area contributed by atoms with Crippen LogP contribution in [0.2, 0.25) is 0 Å². The second kappa shape index (κ2) is 11.3. The number of hydrogen-bond acceptors (Lipinski definition) is 3. The number of nitrogens with zero attached hydrogens (tertiary/aromatic N) is 1. The summed E-state index contributed by atoms with van der Waals surface area (Å²) < 4.78 is 5.07. The number of hydrogen-bond donors (Lipinski definition) is 2. The van der Waals surface area contributed by atoms with E-state index >= 15 is 0 Å². The van der Waals surface area contributed by atoms with Crippen LogP contribution in [-0.2, 0) is 16.1 Å². The molecular weight excluding hydrogens is 393 g/mol. The van der Waals surface area contributed by atoms with Gasteiger partial charge in [0.1, 0.15) is 0 Å². The minimum Gasteiger partial charge on any atom is -0.463 e. The quantitative estimate of drug-likeness (QED) is 0.322. The number of aryl methyl sites for hydroxylation is 1. The first-order valence-electron chi connectivity index (χ1n) is 7.21. The number of halogens is 1. The lowest BCUT2D eigenvalue weighted by molar-refractivity contribution is -0.147. The summed E-state index contributed by atoms with van der Waals surface area (Å²) in [7, 11) is 1.71. The first-order chi connectivity index (χ1) is 10.0. The summed E-state index contributed by atoms with van der Waals surface area (Å²) >= 11 is 0. The van der Waals surface area contributed by atoms with E-state index in [0.29, 0.717) is 25.5 Å². The largest absolute Gasteiger partial charge is 0.463 e. The molecule has 0 aliphatic heterocycles. The summed E-state index contributed by atoms with van der Waals surface area (Å²) in [6.45, 7) is 6.96. The molecule has 1 aromatic rings. The standard InChI is InChI=1S/C16H25N3O2.HI/c1-12(2)21-15(20)9-10-18-16(17-4)19-11-14-8-6-5-7-13(14)3;/h5-8,12H,9-11H2,1-4H3,(H2,17,18,19);1H. The van der Waals surface area contributed by atoms with Crippen molar-refractivity contribution in [3.05, 3.63) is 35.4 Å². The van der Waals surface area contributed by atoms with E-state index in [1.807, 2.05) is 26.0 Å². The fourth-order valence-corrected chi connectivity index (χ4v) is 1.81. The van der Waals surface area contributed by atoms with Crippen molar-refractivity contribution in [3.63, 3.8) is 0 Å². The Kier molecular flexibility index (Phi) is 10.6. The van der Waals surface area contributed by atoms with Crippen molar-refractivity contribution >= 4 is 35.9 Å². The van der Waals surface area contributed by atoms with Crippen LogP contribution in [-0.4, -0.2) is 31.6 Å². The number of benzene rings is 1. The predicted molar refractivity (Wildman–Crippen MR) is 101 cm³/mol. The summed E-state index contributed by atoms with van der Waals surface area (Å²) in [6.07, 6.45) is 0.250. The van der Waals surface area contributed by atoms with Crippen LogP contribution in [0.3, 0.4) is 0 Å². The zero-order chi connectivity index (χ0) is 15.7. The van der Waals surface area contributed by atoms with Crippen LogP contribution in [0.5, 0.6) is 0 Å². The molecule has 1 aromatic carbocycles. The fourth-order valence-electron chi connectivity index (χ4n) is 1.81. The van der Waals surface area contributed by atoms with Gasteiger partial charge in [-0.05, 0) is 31.9 Å². The Morgan fingerprint density at radius 2 is 1.95 bits per heavy atom. The molecule has 0 aromatic heterocycles. The van der Waals surface area contributed by atoms with Gasteiger partial charge in [-0.1, -0.05) is 24.3 Å². The minimum atomic E-state index is -0.202. The molecule has 2 N–H and O–H groups in total. The summed E-state index contributed by atoms with van der Waals surface area (Å²) in [4.78, 5) is 15.6. The van der Waals surface area contributed by atoms with E-state index in [1.165, 1.54) is 11.1 Å². The zero-order valence-corrected chi connectivity index (χ0v) is 16.0. The number of esters is 1. The van der Waals surface area contributed by atoms with E-state index in [4.69, 9.17) is 4.74 Å². The molecule has 1 rings (SSSR count). The molecule has 0 aliphatic carbocycles. The van der Waals surface area contributed by atoms with Gasteiger partial charge in [0, 0.05) is 20.1 Å². The molecule has 5 nitrogen and oxygen atoms in total. The number of guanidine groups is 1. The number of nitrogens with one attached hydrogen (secondary N) is 2. The van der Waals surface area contributed by atoms with E-state index in [9.17, 15) is 4.79 Å². The van der Waals surface area contributed by atoms with Gasteiger partial charge in [-0.25, -0.2) is 0 Å². The molecule has 0 spiro atoms. The summed E-state index contributed by atoms with van der Waals surface area (Å²) in [5, 5.41) is 6.33. The average molecular weight is 419 g/mol. The second-order valence-electron chi connectivity index (χ2n) is 5.07. The lowest BCUT2D eigenvalue weighted by Crippen LogP contribution is -2.38. The van der Waals surface area contributed by atoms with Gasteiger partial charge < -0.3 is 15.4 Å². The van der Waals surface area contributed by atoms with Gasteiger partial charge in [0.15, 0.2) is 5.96 Å². The molecule has 0 saturated heterocycles. The van der Waals surface area contributed by atoms with Gasteiger partial charge in [-0.2, -0.15) is 0 Å². The van der Waals surface area contributed by atoms with Crippen LogP contribution >= 0.6 is 24.0 Å². The van der Waals surface area contributed by atoms with Crippen LogP contribution in [0.15, 0.2) is 29.3 Å². The van der Waals surface area contributed by atoms with Gasteiger partial charge >= 0.3 is 5.97 Å². The Hall–Kier alpha value is -1.31. The molecule has 0 fully saturated rings. The first-order valence-corrected chi connectivity index (χ1v) is 7.21. The topological polar surface area (TPSA) is 62.7 Å². The molecule has 124 valence electrons. The second-order valence-corrected chi connectivity index (χ2v) is 5.07.